The van der Waals surface area contributed by atoms with E-state index >= 15 is 0 Å². The van der Waals surface area contributed by atoms with Crippen molar-refractivity contribution in [2.24, 2.45) is 0 Å². The van der Waals surface area contributed by atoms with Crippen LogP contribution in [-0.2, 0) is 11.4 Å². The molecule has 0 fully saturated rings. The second-order valence-corrected chi connectivity index (χ2v) is 9.76. The molecule has 3 rings (SSSR count). The van der Waals surface area contributed by atoms with E-state index in [0.717, 1.165) is 28.2 Å². The smallest absolute Gasteiger partial charge is 0.136 e. The minimum Gasteiger partial charge on any atom is -0.598 e. The fourth-order valence-corrected chi connectivity index (χ4v) is 3.58. The van der Waals surface area contributed by atoms with Gasteiger partial charge in [0.25, 0.3) is 0 Å². The molecule has 0 aliphatic carbocycles. The standard InChI is InChI=1S/C24H27NO2S/c1-18(25-28(26)24(2,3)4)20-15-16-23(27-21-13-9-6-10-14-21)22(17-20)19-11-7-5-8-12-19/h5-18,25H,1-4H3/t18?,28-/m1/s1. The van der Waals surface area contributed by atoms with Crippen molar-refractivity contribution in [2.45, 2.75) is 38.5 Å². The minimum absolute atomic E-state index is 0.0479. The quantitative estimate of drug-likeness (QED) is 0.503. The zero-order valence-corrected chi connectivity index (χ0v) is 17.6. The van der Waals surface area contributed by atoms with Gasteiger partial charge < -0.3 is 9.29 Å². The van der Waals surface area contributed by atoms with Crippen LogP contribution in [0.3, 0.4) is 0 Å². The molecule has 4 heteroatoms. The van der Waals surface area contributed by atoms with Gasteiger partial charge in [-0.05, 0) is 63.1 Å². The number of hydrogen-bond acceptors (Lipinski definition) is 3. The van der Waals surface area contributed by atoms with Crippen molar-refractivity contribution in [2.75, 3.05) is 0 Å². The van der Waals surface area contributed by atoms with Crippen LogP contribution in [0.5, 0.6) is 11.5 Å². The molecule has 28 heavy (non-hydrogen) atoms. The van der Waals surface area contributed by atoms with Crippen LogP contribution in [0.4, 0.5) is 0 Å². The van der Waals surface area contributed by atoms with Crippen molar-refractivity contribution in [3.05, 3.63) is 84.4 Å². The Labute approximate surface area is 171 Å². The second-order valence-electron chi connectivity index (χ2n) is 7.76. The molecular formula is C24H27NO2S. The van der Waals surface area contributed by atoms with Gasteiger partial charge in [-0.2, -0.15) is 0 Å². The van der Waals surface area contributed by atoms with E-state index in [1.54, 1.807) is 0 Å². The van der Waals surface area contributed by atoms with Gasteiger partial charge in [-0.25, -0.2) is 0 Å². The summed E-state index contributed by atoms with van der Waals surface area (Å²) in [6.45, 7) is 7.94. The van der Waals surface area contributed by atoms with Crippen LogP contribution in [0.1, 0.15) is 39.3 Å². The number of benzene rings is 3. The third kappa shape index (κ3) is 5.16. The first kappa shape index (κ1) is 20.5. The molecule has 1 N–H and O–H groups in total. The summed E-state index contributed by atoms with van der Waals surface area (Å²) in [6, 6.07) is 26.0. The van der Waals surface area contributed by atoms with Crippen LogP contribution in [0.25, 0.3) is 11.1 Å². The zero-order chi connectivity index (χ0) is 20.1. The molecule has 0 aliphatic rings. The summed E-state index contributed by atoms with van der Waals surface area (Å²) < 4.78 is 21.5. The summed E-state index contributed by atoms with van der Waals surface area (Å²) in [6.07, 6.45) is 0. The average Bonchev–Trinajstić information content (AvgIpc) is 2.69. The number of nitrogens with one attached hydrogen (secondary N) is 1. The molecule has 0 saturated heterocycles. The van der Waals surface area contributed by atoms with Crippen molar-refractivity contribution < 1.29 is 9.29 Å². The van der Waals surface area contributed by atoms with E-state index in [4.69, 9.17) is 4.74 Å². The Morgan fingerprint density at radius 2 is 1.50 bits per heavy atom. The summed E-state index contributed by atoms with van der Waals surface area (Å²) in [4.78, 5) is 0. The lowest BCUT2D eigenvalue weighted by atomic mass is 9.99. The summed E-state index contributed by atoms with van der Waals surface area (Å²) in [7, 11) is 0. The van der Waals surface area contributed by atoms with Crippen LogP contribution in [0.15, 0.2) is 78.9 Å². The van der Waals surface area contributed by atoms with Gasteiger partial charge in [0.15, 0.2) is 0 Å². The molecule has 3 aromatic rings. The maximum absolute atomic E-state index is 12.5. The number of hydrogen-bond donors (Lipinski definition) is 1. The molecule has 0 aliphatic heterocycles. The summed E-state index contributed by atoms with van der Waals surface area (Å²) in [5.74, 6) is 1.60. The van der Waals surface area contributed by atoms with Crippen molar-refractivity contribution in [1.29, 1.82) is 0 Å². The van der Waals surface area contributed by atoms with Gasteiger partial charge >= 0.3 is 0 Å². The van der Waals surface area contributed by atoms with E-state index in [9.17, 15) is 4.55 Å². The Hall–Kier alpha value is -2.27. The highest BCUT2D eigenvalue weighted by Gasteiger charge is 2.28. The van der Waals surface area contributed by atoms with Gasteiger partial charge in [0.05, 0.1) is 6.04 Å². The normalized spacial score (nSPS) is 13.8. The first-order chi connectivity index (χ1) is 13.3. The number of ether oxygens (including phenoxy) is 1. The molecule has 2 atom stereocenters. The molecule has 0 spiro atoms. The molecule has 3 aromatic carbocycles. The third-order valence-electron chi connectivity index (χ3n) is 4.40. The van der Waals surface area contributed by atoms with Gasteiger partial charge in [0.1, 0.15) is 16.2 Å². The fourth-order valence-electron chi connectivity index (χ4n) is 2.77. The predicted octanol–water partition coefficient (Wildman–Crippen LogP) is 6.26. The molecule has 0 bridgehead atoms. The van der Waals surface area contributed by atoms with E-state index in [1.807, 2.05) is 88.4 Å². The van der Waals surface area contributed by atoms with Gasteiger partial charge in [-0.1, -0.05) is 54.6 Å². The fraction of sp³-hybridized carbons (Fsp3) is 0.250. The predicted molar refractivity (Wildman–Crippen MR) is 118 cm³/mol. The Morgan fingerprint density at radius 3 is 2.11 bits per heavy atom. The van der Waals surface area contributed by atoms with Gasteiger partial charge in [-0.3, -0.25) is 0 Å². The summed E-state index contributed by atoms with van der Waals surface area (Å²) in [5, 5.41) is 0. The van der Waals surface area contributed by atoms with Crippen LogP contribution < -0.4 is 9.46 Å². The molecule has 1 unspecified atom stereocenters. The average molecular weight is 394 g/mol. The number of rotatable bonds is 6. The Kier molecular flexibility index (Phi) is 6.45. The Bertz CT molecular complexity index is 891. The van der Waals surface area contributed by atoms with E-state index in [0.29, 0.717) is 0 Å². The molecule has 0 heterocycles. The zero-order valence-electron chi connectivity index (χ0n) is 16.8. The number of para-hydroxylation sites is 1. The van der Waals surface area contributed by atoms with E-state index in [1.165, 1.54) is 0 Å². The minimum atomic E-state index is -1.14. The molecule has 3 nitrogen and oxygen atoms in total. The summed E-state index contributed by atoms with van der Waals surface area (Å²) >= 11 is -1.14. The van der Waals surface area contributed by atoms with Crippen molar-refractivity contribution in [3.63, 3.8) is 0 Å². The topological polar surface area (TPSA) is 44.3 Å². The lowest BCUT2D eigenvalue weighted by Crippen LogP contribution is -2.40. The molecule has 0 amide bonds. The van der Waals surface area contributed by atoms with Crippen LogP contribution in [0.2, 0.25) is 0 Å². The van der Waals surface area contributed by atoms with E-state index in [-0.39, 0.29) is 10.8 Å². The van der Waals surface area contributed by atoms with Gasteiger partial charge in [-0.15, -0.1) is 4.72 Å². The maximum Gasteiger partial charge on any atom is 0.136 e. The lowest BCUT2D eigenvalue weighted by Gasteiger charge is -2.27. The molecular weight excluding hydrogens is 366 g/mol. The van der Waals surface area contributed by atoms with Crippen LogP contribution in [0, 0.1) is 0 Å². The Balaban J connectivity index is 1.94. The van der Waals surface area contributed by atoms with Crippen LogP contribution in [-0.4, -0.2) is 9.30 Å². The largest absolute Gasteiger partial charge is 0.598 e. The van der Waals surface area contributed by atoms with Crippen LogP contribution >= 0.6 is 0 Å². The summed E-state index contributed by atoms with van der Waals surface area (Å²) in [5.41, 5.74) is 3.16. The monoisotopic (exact) mass is 393 g/mol. The highest BCUT2D eigenvalue weighted by Crippen LogP contribution is 2.35. The maximum atomic E-state index is 12.5. The van der Waals surface area contributed by atoms with E-state index in [2.05, 4.69) is 22.9 Å². The van der Waals surface area contributed by atoms with Crippen molar-refractivity contribution >= 4 is 11.4 Å². The second kappa shape index (κ2) is 8.82. The SMILES string of the molecule is CC(N[S@+]([O-])C(C)(C)C)c1ccc(Oc2ccccc2)c(-c2ccccc2)c1. The van der Waals surface area contributed by atoms with Crippen molar-refractivity contribution in [1.82, 2.24) is 4.72 Å². The highest BCUT2D eigenvalue weighted by molar-refractivity contribution is 7.90. The third-order valence-corrected chi connectivity index (χ3v) is 6.08. The highest BCUT2D eigenvalue weighted by atomic mass is 32.2. The lowest BCUT2D eigenvalue weighted by molar-refractivity contribution is 0.484. The molecule has 0 radical (unpaired) electrons. The first-order valence-corrected chi connectivity index (χ1v) is 10.6. The van der Waals surface area contributed by atoms with Gasteiger partial charge in [0.2, 0.25) is 0 Å². The molecule has 0 aromatic heterocycles. The molecule has 146 valence electrons. The van der Waals surface area contributed by atoms with Gasteiger partial charge in [0, 0.05) is 16.9 Å². The molecule has 0 saturated carbocycles. The Morgan fingerprint density at radius 1 is 0.893 bits per heavy atom. The van der Waals surface area contributed by atoms with Crippen molar-refractivity contribution in [3.8, 4) is 22.6 Å². The van der Waals surface area contributed by atoms with E-state index < -0.39 is 11.4 Å². The first-order valence-electron chi connectivity index (χ1n) is 9.45.